The maximum Gasteiger partial charge on any atom is 0.346 e. The van der Waals surface area contributed by atoms with Gasteiger partial charge in [0.25, 0.3) is 0 Å². The second-order valence-electron chi connectivity index (χ2n) is 4.00. The van der Waals surface area contributed by atoms with Crippen LogP contribution in [0, 0.1) is 6.92 Å². The molecule has 1 N–H and O–H groups in total. The van der Waals surface area contributed by atoms with Crippen LogP contribution in [0.25, 0.3) is 10.2 Å². The molecule has 0 aromatic carbocycles. The standard InChI is InChI=1S/C13H14N2O3S/c1-3-4-5-6-18-11-9-8(2)10(13(16)17)19-12(9)15-7-14-11/h3,7H,1,4-6H2,2H3,(H,16,17). The number of thiophene rings is 1. The zero-order valence-corrected chi connectivity index (χ0v) is 11.4. The van der Waals surface area contributed by atoms with E-state index in [0.29, 0.717) is 28.3 Å². The first-order valence-electron chi connectivity index (χ1n) is 5.86. The molecule has 0 aliphatic heterocycles. The lowest BCUT2D eigenvalue weighted by Gasteiger charge is -2.05. The summed E-state index contributed by atoms with van der Waals surface area (Å²) in [5.41, 5.74) is 0.659. The van der Waals surface area contributed by atoms with Gasteiger partial charge in [-0.2, -0.15) is 0 Å². The Morgan fingerprint density at radius 2 is 2.37 bits per heavy atom. The minimum Gasteiger partial charge on any atom is -0.477 e. The first-order valence-corrected chi connectivity index (χ1v) is 6.68. The number of hydrogen-bond acceptors (Lipinski definition) is 5. The van der Waals surface area contributed by atoms with Crippen LogP contribution in [0.2, 0.25) is 0 Å². The van der Waals surface area contributed by atoms with Crippen molar-refractivity contribution in [1.29, 1.82) is 0 Å². The van der Waals surface area contributed by atoms with Crippen LogP contribution in [0.15, 0.2) is 19.0 Å². The van der Waals surface area contributed by atoms with Crippen molar-refractivity contribution in [3.8, 4) is 5.88 Å². The van der Waals surface area contributed by atoms with E-state index in [9.17, 15) is 4.79 Å². The molecule has 19 heavy (non-hydrogen) atoms. The minimum absolute atomic E-state index is 0.284. The third-order valence-corrected chi connectivity index (χ3v) is 3.87. The summed E-state index contributed by atoms with van der Waals surface area (Å²) in [6.45, 7) is 5.92. The average Bonchev–Trinajstić information content (AvgIpc) is 2.73. The molecule has 0 atom stereocenters. The van der Waals surface area contributed by atoms with Crippen molar-refractivity contribution in [2.45, 2.75) is 19.8 Å². The highest BCUT2D eigenvalue weighted by Crippen LogP contribution is 2.34. The topological polar surface area (TPSA) is 72.3 Å². The van der Waals surface area contributed by atoms with Gasteiger partial charge in [-0.15, -0.1) is 17.9 Å². The van der Waals surface area contributed by atoms with Gasteiger partial charge in [-0.25, -0.2) is 14.8 Å². The second kappa shape index (κ2) is 5.79. The molecule has 0 bridgehead atoms. The third-order valence-electron chi connectivity index (χ3n) is 2.68. The number of aryl methyl sites for hydroxylation is 1. The van der Waals surface area contributed by atoms with E-state index in [1.165, 1.54) is 6.33 Å². The van der Waals surface area contributed by atoms with Crippen molar-refractivity contribution in [3.05, 3.63) is 29.4 Å². The normalized spacial score (nSPS) is 10.6. The number of hydrogen-bond donors (Lipinski definition) is 1. The Morgan fingerprint density at radius 3 is 3.05 bits per heavy atom. The quantitative estimate of drug-likeness (QED) is 0.649. The molecule has 0 saturated carbocycles. The van der Waals surface area contributed by atoms with Crippen LogP contribution in [0.1, 0.15) is 28.1 Å². The van der Waals surface area contributed by atoms with Gasteiger partial charge in [-0.3, -0.25) is 0 Å². The third kappa shape index (κ3) is 2.73. The molecular formula is C13H14N2O3S. The fourth-order valence-corrected chi connectivity index (χ4v) is 2.73. The maximum absolute atomic E-state index is 11.1. The molecule has 0 amide bonds. The largest absolute Gasteiger partial charge is 0.477 e. The molecule has 0 aliphatic carbocycles. The number of nitrogens with zero attached hydrogens (tertiary/aromatic N) is 2. The molecule has 0 spiro atoms. The number of carbonyl (C=O) groups is 1. The van der Waals surface area contributed by atoms with Crippen LogP contribution in [-0.4, -0.2) is 27.7 Å². The van der Waals surface area contributed by atoms with Crippen molar-refractivity contribution < 1.29 is 14.6 Å². The van der Waals surface area contributed by atoms with Gasteiger partial charge in [0.1, 0.15) is 16.0 Å². The Hall–Kier alpha value is -1.95. The Labute approximate surface area is 114 Å². The molecule has 0 radical (unpaired) electrons. The van der Waals surface area contributed by atoms with E-state index < -0.39 is 5.97 Å². The van der Waals surface area contributed by atoms with Crippen LogP contribution in [0.4, 0.5) is 0 Å². The van der Waals surface area contributed by atoms with E-state index in [4.69, 9.17) is 9.84 Å². The Morgan fingerprint density at radius 1 is 1.58 bits per heavy atom. The summed E-state index contributed by atoms with van der Waals surface area (Å²) in [6, 6.07) is 0. The number of fused-ring (bicyclic) bond motifs is 1. The number of carboxylic acids is 1. The number of aromatic carboxylic acids is 1. The smallest absolute Gasteiger partial charge is 0.346 e. The second-order valence-corrected chi connectivity index (χ2v) is 5.00. The van der Waals surface area contributed by atoms with Crippen molar-refractivity contribution in [3.63, 3.8) is 0 Å². The monoisotopic (exact) mass is 278 g/mol. The van der Waals surface area contributed by atoms with Crippen molar-refractivity contribution in [2.24, 2.45) is 0 Å². The summed E-state index contributed by atoms with van der Waals surface area (Å²) in [7, 11) is 0. The predicted octanol–water partition coefficient (Wildman–Crippen LogP) is 3.04. The summed E-state index contributed by atoms with van der Waals surface area (Å²) in [5, 5.41) is 9.81. The van der Waals surface area contributed by atoms with Gasteiger partial charge in [0.2, 0.25) is 5.88 Å². The summed E-state index contributed by atoms with van der Waals surface area (Å²) in [4.78, 5) is 20.2. The molecule has 100 valence electrons. The highest BCUT2D eigenvalue weighted by atomic mass is 32.1. The fourth-order valence-electron chi connectivity index (χ4n) is 1.75. The van der Waals surface area contributed by atoms with Gasteiger partial charge in [-0.1, -0.05) is 6.08 Å². The minimum atomic E-state index is -0.946. The van der Waals surface area contributed by atoms with Crippen LogP contribution in [0.5, 0.6) is 5.88 Å². The van der Waals surface area contributed by atoms with Crippen LogP contribution in [0.3, 0.4) is 0 Å². The predicted molar refractivity (Wildman–Crippen MR) is 74.0 cm³/mol. The maximum atomic E-state index is 11.1. The molecular weight excluding hydrogens is 264 g/mol. The summed E-state index contributed by atoms with van der Waals surface area (Å²) in [5.74, 6) is -0.492. The Bertz CT molecular complexity index is 622. The molecule has 0 unspecified atom stereocenters. The molecule has 0 aliphatic rings. The zero-order valence-electron chi connectivity index (χ0n) is 10.5. The van der Waals surface area contributed by atoms with E-state index >= 15 is 0 Å². The number of ether oxygens (including phenoxy) is 1. The van der Waals surface area contributed by atoms with Gasteiger partial charge in [0, 0.05) is 0 Å². The summed E-state index contributed by atoms with van der Waals surface area (Å²) in [6.07, 6.45) is 4.95. The number of rotatable bonds is 6. The van der Waals surface area contributed by atoms with E-state index in [0.717, 1.165) is 24.2 Å². The molecule has 5 nitrogen and oxygen atoms in total. The van der Waals surface area contributed by atoms with Gasteiger partial charge in [-0.05, 0) is 25.3 Å². The molecule has 2 rings (SSSR count). The molecule has 6 heteroatoms. The lowest BCUT2D eigenvalue weighted by Crippen LogP contribution is -2.00. The molecule has 0 saturated heterocycles. The molecule has 2 heterocycles. The van der Waals surface area contributed by atoms with Crippen LogP contribution >= 0.6 is 11.3 Å². The zero-order chi connectivity index (χ0) is 13.8. The van der Waals surface area contributed by atoms with Gasteiger partial charge >= 0.3 is 5.97 Å². The van der Waals surface area contributed by atoms with E-state index in [2.05, 4.69) is 16.5 Å². The Balaban J connectivity index is 2.33. The SMILES string of the molecule is C=CCCCOc1ncnc2sc(C(=O)O)c(C)c12. The highest BCUT2D eigenvalue weighted by molar-refractivity contribution is 7.20. The number of carboxylic acid groups (broad SMARTS) is 1. The van der Waals surface area contributed by atoms with E-state index in [-0.39, 0.29) is 4.88 Å². The van der Waals surface area contributed by atoms with E-state index in [1.807, 2.05) is 6.08 Å². The molecule has 0 fully saturated rings. The van der Waals surface area contributed by atoms with Crippen LogP contribution in [-0.2, 0) is 0 Å². The first-order chi connectivity index (χ1) is 9.15. The highest BCUT2D eigenvalue weighted by Gasteiger charge is 2.19. The lowest BCUT2D eigenvalue weighted by molar-refractivity contribution is 0.0701. The first kappa shape index (κ1) is 13.5. The van der Waals surface area contributed by atoms with Crippen LogP contribution < -0.4 is 4.74 Å². The average molecular weight is 278 g/mol. The molecule has 2 aromatic heterocycles. The van der Waals surface area contributed by atoms with Gasteiger partial charge in [0.05, 0.1) is 12.0 Å². The van der Waals surface area contributed by atoms with Crippen molar-refractivity contribution in [2.75, 3.05) is 6.61 Å². The number of unbranched alkanes of at least 4 members (excludes halogenated alkanes) is 1. The fraction of sp³-hybridized carbons (Fsp3) is 0.308. The summed E-state index contributed by atoms with van der Waals surface area (Å²) < 4.78 is 5.61. The van der Waals surface area contributed by atoms with Gasteiger partial charge < -0.3 is 9.84 Å². The number of aromatic nitrogens is 2. The Kier molecular flexibility index (Phi) is 4.11. The lowest BCUT2D eigenvalue weighted by atomic mass is 10.2. The van der Waals surface area contributed by atoms with Crippen molar-refractivity contribution in [1.82, 2.24) is 9.97 Å². The summed E-state index contributed by atoms with van der Waals surface area (Å²) >= 11 is 1.14. The molecule has 2 aromatic rings. The number of allylic oxidation sites excluding steroid dienone is 1. The van der Waals surface area contributed by atoms with E-state index in [1.54, 1.807) is 6.92 Å². The van der Waals surface area contributed by atoms with Gasteiger partial charge in [0.15, 0.2) is 0 Å². The van der Waals surface area contributed by atoms with Crippen molar-refractivity contribution >= 4 is 27.5 Å².